The molecule has 0 radical (unpaired) electrons. The zero-order valence-corrected chi connectivity index (χ0v) is 28.7. The first-order chi connectivity index (χ1) is 22.0. The van der Waals surface area contributed by atoms with Gasteiger partial charge in [0.1, 0.15) is 0 Å². The molecule has 2 unspecified atom stereocenters. The van der Waals surface area contributed by atoms with Crippen LogP contribution in [-0.4, -0.2) is 80.2 Å². The van der Waals surface area contributed by atoms with Crippen molar-refractivity contribution in [2.75, 3.05) is 24.6 Å². The van der Waals surface area contributed by atoms with Crippen LogP contribution in [0.3, 0.4) is 0 Å². The van der Waals surface area contributed by atoms with E-state index in [1.54, 1.807) is 0 Å². The fraction of sp³-hybridized carbons (Fsp3) is 0.536. The maximum Gasteiger partial charge on any atom is 0.416 e. The fourth-order valence-electron chi connectivity index (χ4n) is 5.31. The van der Waals surface area contributed by atoms with Crippen LogP contribution in [0.25, 0.3) is 0 Å². The second kappa shape index (κ2) is 15.8. The monoisotopic (exact) mass is 768 g/mol. The summed E-state index contributed by atoms with van der Waals surface area (Å²) in [5.74, 6) is -0.473. The second-order valence-electron chi connectivity index (χ2n) is 11.1. The van der Waals surface area contributed by atoms with E-state index in [9.17, 15) is 56.4 Å². The van der Waals surface area contributed by atoms with Crippen molar-refractivity contribution in [3.63, 3.8) is 0 Å². The topological polar surface area (TPSA) is 146 Å². The van der Waals surface area contributed by atoms with Crippen molar-refractivity contribution in [2.45, 2.75) is 79.7 Å². The summed E-state index contributed by atoms with van der Waals surface area (Å²) in [4.78, 5) is 10.2. The number of halogens is 6. The lowest BCUT2D eigenvalue weighted by atomic mass is 10.1. The Morgan fingerprint density at radius 1 is 0.750 bits per heavy atom. The summed E-state index contributed by atoms with van der Waals surface area (Å²) < 4.78 is 161. The van der Waals surface area contributed by atoms with Crippen molar-refractivity contribution < 1.29 is 60.9 Å². The first-order valence-corrected chi connectivity index (χ1v) is 20.0. The Bertz CT molecular complexity index is 1770. The van der Waals surface area contributed by atoms with E-state index < -0.39 is 70.3 Å². The lowest BCUT2D eigenvalue weighted by Crippen LogP contribution is -2.46. The van der Waals surface area contributed by atoms with Crippen LogP contribution in [0.2, 0.25) is 0 Å². The molecule has 2 fully saturated rings. The van der Waals surface area contributed by atoms with Crippen molar-refractivity contribution in [1.29, 1.82) is 0 Å². The van der Waals surface area contributed by atoms with E-state index in [-0.39, 0.29) is 35.6 Å². The summed E-state index contributed by atoms with van der Waals surface area (Å²) in [6.07, 6.45) is -5.98. The maximum atomic E-state index is 12.8. The van der Waals surface area contributed by atoms with Gasteiger partial charge in [0.2, 0.25) is 20.0 Å². The van der Waals surface area contributed by atoms with Gasteiger partial charge in [0.25, 0.3) is 10.1 Å². The summed E-state index contributed by atoms with van der Waals surface area (Å²) in [6.45, 7) is 1.64. The van der Waals surface area contributed by atoms with E-state index in [0.29, 0.717) is 43.6 Å². The van der Waals surface area contributed by atoms with Crippen molar-refractivity contribution in [3.8, 4) is 0 Å². The quantitative estimate of drug-likeness (QED) is 0.266. The number of rotatable bonds is 8. The molecule has 2 aromatic carbocycles. The highest BCUT2D eigenvalue weighted by Gasteiger charge is 2.39. The number of carbonyl (C=O) groups is 1. The third kappa shape index (κ3) is 10.9. The van der Waals surface area contributed by atoms with Crippen LogP contribution in [0.4, 0.5) is 26.3 Å². The molecule has 2 aromatic rings. The minimum absolute atomic E-state index is 0.0151. The number of thioether (sulfide) groups is 1. The van der Waals surface area contributed by atoms with Gasteiger partial charge >= 0.3 is 12.4 Å². The van der Waals surface area contributed by atoms with E-state index in [0.717, 1.165) is 52.8 Å². The van der Waals surface area contributed by atoms with Gasteiger partial charge in [0.15, 0.2) is 5.12 Å². The first kappa shape index (κ1) is 40.2. The Hall–Kier alpha value is -2.23. The van der Waals surface area contributed by atoms with Crippen molar-refractivity contribution in [1.82, 2.24) is 8.61 Å². The standard InChI is InChI=1S/C15H18F3NO3S2.C13H16F3NO5S2/c1-11(20)23-10-13-6-2-3-8-19(13)24(21,22)14-7-4-5-12(9-14)15(16,17)18;14-13(15,16)10-4-3-6-12(8-10)24(21,22)17-7-2-1-5-11(17)9-23(18,19)20/h4-5,7,9,13H,2-3,6,8,10H2,1H3;3-4,6,8,11H,1-2,5,7,9H2,(H,18,19,20). The van der Waals surface area contributed by atoms with Crippen LogP contribution < -0.4 is 0 Å². The number of nitrogens with zero attached hydrogens (tertiary/aromatic N) is 2. The molecule has 20 heteroatoms. The largest absolute Gasteiger partial charge is 0.416 e. The molecule has 10 nitrogen and oxygen atoms in total. The SMILES string of the molecule is CC(=O)SCC1CCCCN1S(=O)(=O)c1cccc(C(F)(F)F)c1.O=S(=O)(O)CC1CCCCN1S(=O)(=O)c1cccc(C(F)(F)F)c1. The van der Waals surface area contributed by atoms with E-state index >= 15 is 0 Å². The molecule has 0 bridgehead atoms. The Labute approximate surface area is 279 Å². The molecule has 48 heavy (non-hydrogen) atoms. The Kier molecular flexibility index (Phi) is 13.2. The van der Waals surface area contributed by atoms with Crippen LogP contribution in [0, 0.1) is 0 Å². The number of alkyl halides is 6. The lowest BCUT2D eigenvalue weighted by molar-refractivity contribution is -0.138. The summed E-state index contributed by atoms with van der Waals surface area (Å²) in [7, 11) is -12.8. The lowest BCUT2D eigenvalue weighted by Gasteiger charge is -2.34. The van der Waals surface area contributed by atoms with Gasteiger partial charge < -0.3 is 0 Å². The molecule has 0 amide bonds. The number of carbonyl (C=O) groups excluding carboxylic acids is 1. The van der Waals surface area contributed by atoms with Gasteiger partial charge in [-0.25, -0.2) is 16.8 Å². The molecule has 2 aliphatic rings. The highest BCUT2D eigenvalue weighted by atomic mass is 32.2. The molecule has 270 valence electrons. The first-order valence-electron chi connectivity index (χ1n) is 14.5. The van der Waals surface area contributed by atoms with Gasteiger partial charge in [-0.2, -0.15) is 43.4 Å². The highest BCUT2D eigenvalue weighted by Crippen LogP contribution is 2.34. The molecule has 2 aliphatic heterocycles. The molecular weight excluding hydrogens is 735 g/mol. The molecule has 2 saturated heterocycles. The number of hydrogen-bond donors (Lipinski definition) is 1. The van der Waals surface area contributed by atoms with Crippen molar-refractivity contribution >= 4 is 47.0 Å². The van der Waals surface area contributed by atoms with E-state index in [4.69, 9.17) is 4.55 Å². The van der Waals surface area contributed by atoms with Gasteiger partial charge in [-0.3, -0.25) is 9.35 Å². The molecule has 2 heterocycles. The van der Waals surface area contributed by atoms with Crippen molar-refractivity contribution in [3.05, 3.63) is 59.7 Å². The van der Waals surface area contributed by atoms with Crippen LogP contribution >= 0.6 is 11.8 Å². The number of sulfonamides is 2. The Balaban J connectivity index is 0.000000260. The molecule has 2 atom stereocenters. The van der Waals surface area contributed by atoms with Crippen molar-refractivity contribution in [2.24, 2.45) is 0 Å². The molecule has 0 aliphatic carbocycles. The predicted octanol–water partition coefficient (Wildman–Crippen LogP) is 5.66. The van der Waals surface area contributed by atoms with Gasteiger partial charge in [-0.15, -0.1) is 0 Å². The van der Waals surface area contributed by atoms with Crippen LogP contribution in [0.15, 0.2) is 58.3 Å². The fourth-order valence-corrected chi connectivity index (χ4v) is 10.6. The summed E-state index contributed by atoms with van der Waals surface area (Å²) >= 11 is 1.04. The molecular formula is C28H34F6N2O8S4. The highest BCUT2D eigenvalue weighted by molar-refractivity contribution is 8.13. The van der Waals surface area contributed by atoms with E-state index in [1.807, 2.05) is 0 Å². The summed E-state index contributed by atoms with van der Waals surface area (Å²) in [6, 6.07) is 5.69. The van der Waals surface area contributed by atoms with Gasteiger partial charge in [-0.1, -0.05) is 36.7 Å². The number of benzene rings is 2. The minimum atomic E-state index is -4.69. The molecule has 1 N–H and O–H groups in total. The molecule has 0 spiro atoms. The number of piperidine rings is 2. The Morgan fingerprint density at radius 2 is 1.17 bits per heavy atom. The third-order valence-corrected chi connectivity index (χ3v) is 13.2. The zero-order chi connectivity index (χ0) is 36.1. The molecule has 0 saturated carbocycles. The van der Waals surface area contributed by atoms with Crippen LogP contribution in [0.1, 0.15) is 56.6 Å². The summed E-state index contributed by atoms with van der Waals surface area (Å²) in [5.41, 5.74) is -2.10. The van der Waals surface area contributed by atoms with E-state index in [1.165, 1.54) is 17.3 Å². The minimum Gasteiger partial charge on any atom is -0.288 e. The smallest absolute Gasteiger partial charge is 0.288 e. The molecule has 4 rings (SSSR count). The zero-order valence-electron chi connectivity index (χ0n) is 25.4. The van der Waals surface area contributed by atoms with Gasteiger partial charge in [0.05, 0.1) is 26.7 Å². The molecule has 0 aromatic heterocycles. The number of hydrogen-bond acceptors (Lipinski definition) is 8. The second-order valence-corrected chi connectivity index (χ2v) is 17.6. The summed E-state index contributed by atoms with van der Waals surface area (Å²) in [5, 5.41) is -0.114. The predicted molar refractivity (Wildman–Crippen MR) is 166 cm³/mol. The average Bonchev–Trinajstić information content (AvgIpc) is 2.99. The average molecular weight is 769 g/mol. The van der Waals surface area contributed by atoms with Crippen LogP contribution in [-0.2, 0) is 47.3 Å². The Morgan fingerprint density at radius 3 is 1.56 bits per heavy atom. The van der Waals surface area contributed by atoms with Crippen LogP contribution in [0.5, 0.6) is 0 Å². The van der Waals surface area contributed by atoms with Gasteiger partial charge in [0, 0.05) is 37.8 Å². The van der Waals surface area contributed by atoms with Gasteiger partial charge in [-0.05, 0) is 62.1 Å². The maximum absolute atomic E-state index is 12.8. The third-order valence-electron chi connectivity index (χ3n) is 7.56. The van der Waals surface area contributed by atoms with E-state index in [2.05, 4.69) is 0 Å². The normalized spacial score (nSPS) is 20.5.